The molecule has 0 aliphatic carbocycles. The van der Waals surface area contributed by atoms with Crippen molar-refractivity contribution in [3.63, 3.8) is 0 Å². The van der Waals surface area contributed by atoms with Crippen LogP contribution in [-0.2, 0) is 10.0 Å². The first-order valence-corrected chi connectivity index (χ1v) is 10.2. The zero-order chi connectivity index (χ0) is 21.3. The summed E-state index contributed by atoms with van der Waals surface area (Å²) in [5.41, 5.74) is -0.137. The monoisotopic (exact) mass is 426 g/mol. The third kappa shape index (κ3) is 3.39. The molecular formula is C21H15FN2O5S. The van der Waals surface area contributed by atoms with Gasteiger partial charge in [-0.2, -0.15) is 8.42 Å². The number of pyridine rings is 1. The van der Waals surface area contributed by atoms with Crippen molar-refractivity contribution in [2.45, 2.75) is 4.90 Å². The van der Waals surface area contributed by atoms with Gasteiger partial charge in [0.15, 0.2) is 0 Å². The van der Waals surface area contributed by atoms with Gasteiger partial charge in [0.05, 0.1) is 17.6 Å². The van der Waals surface area contributed by atoms with Crippen molar-refractivity contribution < 1.29 is 22.1 Å². The van der Waals surface area contributed by atoms with Crippen LogP contribution in [-0.4, -0.2) is 24.7 Å². The van der Waals surface area contributed by atoms with Crippen molar-refractivity contribution >= 4 is 10.0 Å². The van der Waals surface area contributed by atoms with E-state index in [1.54, 1.807) is 12.1 Å². The van der Waals surface area contributed by atoms with Gasteiger partial charge in [0.1, 0.15) is 17.3 Å². The van der Waals surface area contributed by atoms with Gasteiger partial charge in [-0.25, -0.2) is 9.18 Å². The summed E-state index contributed by atoms with van der Waals surface area (Å²) in [6.07, 6.45) is 2.93. The Morgan fingerprint density at radius 2 is 1.57 bits per heavy atom. The molecule has 0 aliphatic heterocycles. The molecule has 9 heteroatoms. The summed E-state index contributed by atoms with van der Waals surface area (Å²) < 4.78 is 50.8. The Balaban J connectivity index is 1.99. The Morgan fingerprint density at radius 1 is 0.933 bits per heavy atom. The highest BCUT2D eigenvalue weighted by Gasteiger charge is 2.29. The maximum atomic E-state index is 13.4. The zero-order valence-corrected chi connectivity index (χ0v) is 16.5. The molecule has 0 spiro atoms. The summed E-state index contributed by atoms with van der Waals surface area (Å²) in [5, 5.41) is 0. The molecule has 0 radical (unpaired) electrons. The SMILES string of the molecule is COc1ccc(S(=O)(=O)n2oc(=O)c(-c3ccc(F)cc3)c2-c2ccncc2)cc1. The van der Waals surface area contributed by atoms with E-state index in [0.29, 0.717) is 21.0 Å². The van der Waals surface area contributed by atoms with E-state index in [2.05, 4.69) is 4.98 Å². The van der Waals surface area contributed by atoms with Crippen LogP contribution in [0.5, 0.6) is 5.75 Å². The Hall–Kier alpha value is -3.72. The molecule has 0 atom stereocenters. The maximum Gasteiger partial charge on any atom is 0.367 e. The quantitative estimate of drug-likeness (QED) is 0.485. The second-order valence-electron chi connectivity index (χ2n) is 6.25. The summed E-state index contributed by atoms with van der Waals surface area (Å²) in [6, 6.07) is 13.9. The lowest BCUT2D eigenvalue weighted by Gasteiger charge is -2.10. The molecule has 152 valence electrons. The second-order valence-corrected chi connectivity index (χ2v) is 8.01. The van der Waals surface area contributed by atoms with Crippen LogP contribution in [0.15, 0.2) is 87.3 Å². The number of ether oxygens (including phenoxy) is 1. The summed E-state index contributed by atoms with van der Waals surface area (Å²) in [6.45, 7) is 0. The summed E-state index contributed by atoms with van der Waals surface area (Å²) in [5.74, 6) is -0.0110. The minimum Gasteiger partial charge on any atom is -0.497 e. The van der Waals surface area contributed by atoms with Crippen molar-refractivity contribution in [1.82, 2.24) is 9.13 Å². The highest BCUT2D eigenvalue weighted by molar-refractivity contribution is 7.89. The van der Waals surface area contributed by atoms with Crippen LogP contribution in [0.4, 0.5) is 4.39 Å². The van der Waals surface area contributed by atoms with E-state index < -0.39 is 21.5 Å². The highest BCUT2D eigenvalue weighted by Crippen LogP contribution is 2.33. The van der Waals surface area contributed by atoms with Gasteiger partial charge in [-0.15, -0.1) is 0 Å². The third-order valence-corrected chi connectivity index (χ3v) is 6.01. The minimum atomic E-state index is -4.26. The molecule has 0 bridgehead atoms. The standard InChI is InChI=1S/C21H15FN2O5S/c1-28-17-6-8-18(9-7-17)30(26,27)24-20(15-10-12-23-13-11-15)19(21(25)29-24)14-2-4-16(22)5-3-14/h2-13H,1H3. The van der Waals surface area contributed by atoms with Gasteiger partial charge in [-0.05, 0) is 54.1 Å². The van der Waals surface area contributed by atoms with Crippen molar-refractivity contribution in [2.75, 3.05) is 7.11 Å². The molecule has 0 unspecified atom stereocenters. The van der Waals surface area contributed by atoms with Crippen molar-refractivity contribution in [2.24, 2.45) is 0 Å². The van der Waals surface area contributed by atoms with Gasteiger partial charge in [0, 0.05) is 18.0 Å². The number of halogens is 1. The van der Waals surface area contributed by atoms with E-state index in [0.717, 1.165) is 0 Å². The molecule has 2 aromatic heterocycles. The number of rotatable bonds is 5. The zero-order valence-electron chi connectivity index (χ0n) is 15.7. The van der Waals surface area contributed by atoms with Gasteiger partial charge in [-0.1, -0.05) is 16.3 Å². The van der Waals surface area contributed by atoms with Gasteiger partial charge in [-0.3, -0.25) is 4.98 Å². The predicted molar refractivity (Wildman–Crippen MR) is 107 cm³/mol. The van der Waals surface area contributed by atoms with E-state index >= 15 is 0 Å². The lowest BCUT2D eigenvalue weighted by Crippen LogP contribution is -2.14. The fourth-order valence-corrected chi connectivity index (χ4v) is 4.27. The summed E-state index contributed by atoms with van der Waals surface area (Å²) in [4.78, 5) is 16.6. The molecule has 2 aromatic carbocycles. The molecule has 2 heterocycles. The van der Waals surface area contributed by atoms with Gasteiger partial charge >= 0.3 is 5.63 Å². The predicted octanol–water partition coefficient (Wildman–Crippen LogP) is 3.56. The fraction of sp³-hybridized carbons (Fsp3) is 0.0476. The molecule has 0 amide bonds. The van der Waals surface area contributed by atoms with Crippen LogP contribution >= 0.6 is 0 Å². The Morgan fingerprint density at radius 3 is 2.17 bits per heavy atom. The number of nitrogens with zero attached hydrogens (tertiary/aromatic N) is 2. The second kappa shape index (κ2) is 7.60. The fourth-order valence-electron chi connectivity index (χ4n) is 3.00. The third-order valence-electron chi connectivity index (χ3n) is 4.45. The lowest BCUT2D eigenvalue weighted by molar-refractivity contribution is 0.346. The Bertz CT molecular complexity index is 1340. The molecule has 7 nitrogen and oxygen atoms in total. The van der Waals surface area contributed by atoms with Crippen molar-refractivity contribution in [1.29, 1.82) is 0 Å². The molecule has 4 rings (SSSR count). The van der Waals surface area contributed by atoms with Crippen molar-refractivity contribution in [3.8, 4) is 28.1 Å². The van der Waals surface area contributed by atoms with Crippen LogP contribution in [0, 0.1) is 5.82 Å². The van der Waals surface area contributed by atoms with E-state index in [9.17, 15) is 17.6 Å². The van der Waals surface area contributed by atoms with Gasteiger partial charge < -0.3 is 9.26 Å². The van der Waals surface area contributed by atoms with E-state index in [-0.39, 0.29) is 16.2 Å². The van der Waals surface area contributed by atoms with Crippen LogP contribution in [0.25, 0.3) is 22.4 Å². The van der Waals surface area contributed by atoms with Crippen LogP contribution < -0.4 is 10.4 Å². The molecule has 0 saturated heterocycles. The molecular weight excluding hydrogens is 411 g/mol. The van der Waals surface area contributed by atoms with Gasteiger partial charge in [0.25, 0.3) is 10.0 Å². The van der Waals surface area contributed by atoms with Crippen molar-refractivity contribution in [3.05, 3.63) is 89.3 Å². The Labute approximate surface area is 171 Å². The number of methoxy groups -OCH3 is 1. The first-order chi connectivity index (χ1) is 14.4. The minimum absolute atomic E-state index is 0.00159. The lowest BCUT2D eigenvalue weighted by atomic mass is 10.0. The van der Waals surface area contributed by atoms with Crippen LogP contribution in [0.2, 0.25) is 0 Å². The number of benzene rings is 2. The normalized spacial score (nSPS) is 11.4. The number of aromatic nitrogens is 2. The average molecular weight is 426 g/mol. The topological polar surface area (TPSA) is 91.4 Å². The summed E-state index contributed by atoms with van der Waals surface area (Å²) in [7, 11) is -2.80. The molecule has 0 fully saturated rings. The molecule has 4 aromatic rings. The Kier molecular flexibility index (Phi) is 4.96. The molecule has 30 heavy (non-hydrogen) atoms. The molecule has 0 aliphatic rings. The first-order valence-electron chi connectivity index (χ1n) is 8.74. The number of hydrogen-bond donors (Lipinski definition) is 0. The van der Waals surface area contributed by atoms with Crippen LogP contribution in [0.3, 0.4) is 0 Å². The smallest absolute Gasteiger partial charge is 0.367 e. The van der Waals surface area contributed by atoms with E-state index in [1.807, 2.05) is 0 Å². The largest absolute Gasteiger partial charge is 0.497 e. The van der Waals surface area contributed by atoms with Gasteiger partial charge in [0.2, 0.25) is 0 Å². The average Bonchev–Trinajstić information content (AvgIpc) is 3.13. The van der Waals surface area contributed by atoms with E-state index in [4.69, 9.17) is 9.26 Å². The van der Waals surface area contributed by atoms with E-state index in [1.165, 1.54) is 68.0 Å². The maximum absolute atomic E-state index is 13.4. The molecule has 0 N–H and O–H groups in total. The first kappa shape index (κ1) is 19.6. The molecule has 0 saturated carbocycles. The summed E-state index contributed by atoms with van der Waals surface area (Å²) >= 11 is 0. The van der Waals surface area contributed by atoms with Crippen LogP contribution in [0.1, 0.15) is 0 Å². The highest BCUT2D eigenvalue weighted by atomic mass is 32.2. The number of hydrogen-bond acceptors (Lipinski definition) is 6.